The summed E-state index contributed by atoms with van der Waals surface area (Å²) in [4.78, 5) is 8.98. The molecule has 0 spiro atoms. The van der Waals surface area contributed by atoms with Crippen molar-refractivity contribution in [1.29, 1.82) is 0 Å². The summed E-state index contributed by atoms with van der Waals surface area (Å²) in [6.07, 6.45) is 3.55. The molecule has 0 aliphatic heterocycles. The Hall–Kier alpha value is -2.77. The molecule has 0 bridgehead atoms. The topological polar surface area (TPSA) is 78.8 Å². The summed E-state index contributed by atoms with van der Waals surface area (Å²) in [6, 6.07) is 14.0. The van der Waals surface area contributed by atoms with Gasteiger partial charge in [-0.25, -0.2) is 9.97 Å². The number of hydrogen-bond acceptors (Lipinski definition) is 5. The lowest BCUT2D eigenvalue weighted by Crippen LogP contribution is -2.10. The van der Waals surface area contributed by atoms with E-state index in [0.29, 0.717) is 18.9 Å². The fourth-order valence-electron chi connectivity index (χ4n) is 3.02. The van der Waals surface area contributed by atoms with Crippen molar-refractivity contribution in [3.05, 3.63) is 59.5 Å². The van der Waals surface area contributed by atoms with Gasteiger partial charge in [0.2, 0.25) is 0 Å². The summed E-state index contributed by atoms with van der Waals surface area (Å²) in [6.45, 7) is 0.901. The van der Waals surface area contributed by atoms with Crippen LogP contribution in [0.15, 0.2) is 59.5 Å². The standard InChI is InChI=1S/C20H18BrN5O/c1-26-11-15(19(25-26)13-5-3-2-4-6-13)20-14-9-16(21)18(27-8-7-22)10-17(14)23-12-24-20/h2-6,9-12H,7-8,22H2,1H3. The molecule has 0 unspecified atom stereocenters. The van der Waals surface area contributed by atoms with Crippen LogP contribution in [0.5, 0.6) is 5.75 Å². The molecule has 2 aromatic heterocycles. The van der Waals surface area contributed by atoms with E-state index >= 15 is 0 Å². The Labute approximate surface area is 165 Å². The van der Waals surface area contributed by atoms with Gasteiger partial charge in [-0.2, -0.15) is 5.10 Å². The molecule has 136 valence electrons. The van der Waals surface area contributed by atoms with Crippen LogP contribution in [0.25, 0.3) is 33.4 Å². The number of benzene rings is 2. The molecule has 27 heavy (non-hydrogen) atoms. The molecule has 0 saturated carbocycles. The van der Waals surface area contributed by atoms with E-state index in [9.17, 15) is 0 Å². The maximum Gasteiger partial charge on any atom is 0.135 e. The summed E-state index contributed by atoms with van der Waals surface area (Å²) in [5.41, 5.74) is 10.1. The van der Waals surface area contributed by atoms with E-state index in [4.69, 9.17) is 10.5 Å². The number of hydrogen-bond donors (Lipinski definition) is 1. The molecule has 0 aliphatic rings. The van der Waals surface area contributed by atoms with Gasteiger partial charge in [0, 0.05) is 42.4 Å². The maximum atomic E-state index is 5.69. The second-order valence-corrected chi connectivity index (χ2v) is 6.94. The van der Waals surface area contributed by atoms with E-state index in [1.165, 1.54) is 0 Å². The lowest BCUT2D eigenvalue weighted by Gasteiger charge is -2.10. The zero-order valence-corrected chi connectivity index (χ0v) is 16.3. The van der Waals surface area contributed by atoms with E-state index in [2.05, 4.69) is 31.0 Å². The highest BCUT2D eigenvalue weighted by molar-refractivity contribution is 9.10. The highest BCUT2D eigenvalue weighted by atomic mass is 79.9. The minimum Gasteiger partial charge on any atom is -0.491 e. The Morgan fingerprint density at radius 3 is 2.70 bits per heavy atom. The van der Waals surface area contributed by atoms with Gasteiger partial charge in [-0.15, -0.1) is 0 Å². The zero-order valence-electron chi connectivity index (χ0n) is 14.8. The predicted octanol–water partition coefficient (Wildman–Crippen LogP) is 3.80. The summed E-state index contributed by atoms with van der Waals surface area (Å²) >= 11 is 3.58. The summed E-state index contributed by atoms with van der Waals surface area (Å²) < 4.78 is 8.33. The number of aryl methyl sites for hydroxylation is 1. The first-order chi connectivity index (χ1) is 13.2. The van der Waals surface area contributed by atoms with Gasteiger partial charge in [0.25, 0.3) is 0 Å². The Morgan fingerprint density at radius 2 is 1.93 bits per heavy atom. The average Bonchev–Trinajstić information content (AvgIpc) is 3.08. The van der Waals surface area contributed by atoms with Gasteiger partial charge < -0.3 is 10.5 Å². The monoisotopic (exact) mass is 423 g/mol. The van der Waals surface area contributed by atoms with Gasteiger partial charge in [0.15, 0.2) is 0 Å². The van der Waals surface area contributed by atoms with Crippen LogP contribution in [0.4, 0.5) is 0 Å². The van der Waals surface area contributed by atoms with Crippen molar-refractivity contribution in [3.8, 4) is 28.3 Å². The third-order valence-corrected chi connectivity index (χ3v) is 4.82. The van der Waals surface area contributed by atoms with Crippen LogP contribution in [-0.2, 0) is 7.05 Å². The number of halogens is 1. The van der Waals surface area contributed by atoms with Crippen LogP contribution in [0.2, 0.25) is 0 Å². The minimum atomic E-state index is 0.447. The smallest absolute Gasteiger partial charge is 0.135 e. The molecule has 4 aromatic rings. The molecule has 0 atom stereocenters. The first-order valence-corrected chi connectivity index (χ1v) is 9.33. The SMILES string of the molecule is Cn1cc(-c2ncnc3cc(OCCN)c(Br)cc23)c(-c2ccccc2)n1. The van der Waals surface area contributed by atoms with Crippen molar-refractivity contribution in [2.24, 2.45) is 12.8 Å². The van der Waals surface area contributed by atoms with E-state index in [1.807, 2.05) is 55.7 Å². The molecule has 0 saturated heterocycles. The fourth-order valence-corrected chi connectivity index (χ4v) is 3.48. The number of nitrogens with zero attached hydrogens (tertiary/aromatic N) is 4. The molecule has 6 nitrogen and oxygen atoms in total. The van der Waals surface area contributed by atoms with Crippen LogP contribution in [0.1, 0.15) is 0 Å². The Bertz CT molecular complexity index is 1090. The van der Waals surface area contributed by atoms with Gasteiger partial charge in [-0.1, -0.05) is 30.3 Å². The average molecular weight is 424 g/mol. The van der Waals surface area contributed by atoms with Crippen LogP contribution in [-0.4, -0.2) is 32.9 Å². The van der Waals surface area contributed by atoms with E-state index < -0.39 is 0 Å². The molecule has 2 aromatic carbocycles. The van der Waals surface area contributed by atoms with Crippen LogP contribution in [0.3, 0.4) is 0 Å². The Balaban J connectivity index is 1.89. The van der Waals surface area contributed by atoms with Crippen molar-refractivity contribution in [2.75, 3.05) is 13.2 Å². The minimum absolute atomic E-state index is 0.447. The summed E-state index contributed by atoms with van der Waals surface area (Å²) in [7, 11) is 1.91. The molecular weight excluding hydrogens is 406 g/mol. The van der Waals surface area contributed by atoms with Gasteiger partial charge >= 0.3 is 0 Å². The lowest BCUT2D eigenvalue weighted by atomic mass is 10.0. The second kappa shape index (κ2) is 7.46. The number of rotatable bonds is 5. The Kier molecular flexibility index (Phi) is 4.87. The van der Waals surface area contributed by atoms with Crippen LogP contribution in [0, 0.1) is 0 Å². The summed E-state index contributed by atoms with van der Waals surface area (Å²) in [5.74, 6) is 0.715. The van der Waals surface area contributed by atoms with Gasteiger partial charge in [-0.05, 0) is 22.0 Å². The van der Waals surface area contributed by atoms with E-state index in [0.717, 1.165) is 37.9 Å². The highest BCUT2D eigenvalue weighted by Crippen LogP contribution is 2.37. The lowest BCUT2D eigenvalue weighted by molar-refractivity contribution is 0.326. The highest BCUT2D eigenvalue weighted by Gasteiger charge is 2.17. The summed E-state index contributed by atoms with van der Waals surface area (Å²) in [5, 5.41) is 5.58. The van der Waals surface area contributed by atoms with Crippen molar-refractivity contribution in [1.82, 2.24) is 19.7 Å². The maximum absolute atomic E-state index is 5.69. The van der Waals surface area contributed by atoms with Crippen LogP contribution < -0.4 is 10.5 Å². The first kappa shape index (κ1) is 17.6. The molecule has 0 fully saturated rings. The predicted molar refractivity (Wildman–Crippen MR) is 109 cm³/mol. The second-order valence-electron chi connectivity index (χ2n) is 6.09. The number of fused-ring (bicyclic) bond motifs is 1. The third-order valence-electron chi connectivity index (χ3n) is 4.20. The molecule has 0 amide bonds. The van der Waals surface area contributed by atoms with Crippen LogP contribution >= 0.6 is 15.9 Å². The van der Waals surface area contributed by atoms with Gasteiger partial charge in [0.05, 0.1) is 15.7 Å². The quantitative estimate of drug-likeness (QED) is 0.527. The van der Waals surface area contributed by atoms with Crippen molar-refractivity contribution in [2.45, 2.75) is 0 Å². The number of ether oxygens (including phenoxy) is 1. The number of nitrogens with two attached hydrogens (primary N) is 1. The van der Waals surface area contributed by atoms with Gasteiger partial charge in [0.1, 0.15) is 24.4 Å². The van der Waals surface area contributed by atoms with Crippen molar-refractivity contribution >= 4 is 26.8 Å². The molecule has 0 aliphatic carbocycles. The molecule has 2 N–H and O–H groups in total. The first-order valence-electron chi connectivity index (χ1n) is 8.54. The van der Waals surface area contributed by atoms with Gasteiger partial charge in [-0.3, -0.25) is 4.68 Å². The zero-order chi connectivity index (χ0) is 18.8. The van der Waals surface area contributed by atoms with Crippen molar-refractivity contribution in [3.63, 3.8) is 0 Å². The normalized spacial score (nSPS) is 11.1. The molecule has 4 rings (SSSR count). The molecule has 7 heteroatoms. The molecule has 2 heterocycles. The number of aromatic nitrogens is 4. The molecule has 0 radical (unpaired) electrons. The molecular formula is C20H18BrN5O. The van der Waals surface area contributed by atoms with E-state index in [-0.39, 0.29) is 0 Å². The third kappa shape index (κ3) is 3.43. The Morgan fingerprint density at radius 1 is 1.11 bits per heavy atom. The fraction of sp³-hybridized carbons (Fsp3) is 0.150. The van der Waals surface area contributed by atoms with E-state index in [1.54, 1.807) is 11.0 Å². The van der Waals surface area contributed by atoms with Crippen molar-refractivity contribution < 1.29 is 4.74 Å². The largest absolute Gasteiger partial charge is 0.491 e.